The third kappa shape index (κ3) is 3.88. The van der Waals surface area contributed by atoms with Gasteiger partial charge in [-0.25, -0.2) is 0 Å². The molecule has 2 heterocycles. The summed E-state index contributed by atoms with van der Waals surface area (Å²) in [6, 6.07) is 0.985. The van der Waals surface area contributed by atoms with Crippen molar-refractivity contribution < 1.29 is 4.74 Å². The first-order valence-corrected chi connectivity index (χ1v) is 7.62. The molecule has 1 N–H and O–H groups in total. The number of rotatable bonds is 2. The Morgan fingerprint density at radius 3 is 2.71 bits per heavy atom. The quantitative estimate of drug-likeness (QED) is 0.824. The minimum absolute atomic E-state index is 0.468. The average Bonchev–Trinajstić information content (AvgIpc) is 2.28. The number of ether oxygens (including phenoxy) is 1. The zero-order chi connectivity index (χ0) is 12.3. The summed E-state index contributed by atoms with van der Waals surface area (Å²) in [6.07, 6.45) is 3.55. The Kier molecular flexibility index (Phi) is 4.74. The molecular weight excluding hydrogens is 232 g/mol. The molecule has 98 valence electrons. The Labute approximate surface area is 109 Å². The second-order valence-corrected chi connectivity index (χ2v) is 6.76. The van der Waals surface area contributed by atoms with Crippen molar-refractivity contribution in [2.45, 2.75) is 57.4 Å². The normalized spacial score (nSPS) is 33.0. The molecule has 1 fully saturated rings. The van der Waals surface area contributed by atoms with E-state index >= 15 is 0 Å². The summed E-state index contributed by atoms with van der Waals surface area (Å²) in [5.41, 5.74) is 0. The van der Waals surface area contributed by atoms with E-state index in [-0.39, 0.29) is 0 Å². The molecule has 1 saturated heterocycles. The molecule has 17 heavy (non-hydrogen) atoms. The lowest BCUT2D eigenvalue weighted by Gasteiger charge is -2.31. The number of hydrogen-bond acceptors (Lipinski definition) is 4. The molecule has 4 heteroatoms. The fourth-order valence-corrected chi connectivity index (χ4v) is 3.85. The van der Waals surface area contributed by atoms with Gasteiger partial charge in [0.1, 0.15) is 0 Å². The summed E-state index contributed by atoms with van der Waals surface area (Å²) in [5, 5.41) is 5.44. The fourth-order valence-electron chi connectivity index (χ4n) is 2.60. The first-order chi connectivity index (χ1) is 8.15. The van der Waals surface area contributed by atoms with Crippen molar-refractivity contribution in [3.8, 4) is 0 Å². The van der Waals surface area contributed by atoms with Crippen molar-refractivity contribution in [1.82, 2.24) is 5.32 Å². The molecule has 3 unspecified atom stereocenters. The van der Waals surface area contributed by atoms with Crippen LogP contribution in [0.15, 0.2) is 4.99 Å². The van der Waals surface area contributed by atoms with Crippen molar-refractivity contribution in [2.24, 2.45) is 10.9 Å². The maximum atomic E-state index is 5.41. The van der Waals surface area contributed by atoms with Crippen molar-refractivity contribution in [1.29, 1.82) is 0 Å². The highest BCUT2D eigenvalue weighted by Gasteiger charge is 2.24. The Morgan fingerprint density at radius 2 is 2.06 bits per heavy atom. The molecule has 2 rings (SSSR count). The standard InChI is InChI=1S/C13H24N2OS/c1-9-8-10(2)17-13(14-9)15-11(3)12-4-6-16-7-5-12/h9-12H,4-8H2,1-3H3,(H,14,15). The van der Waals surface area contributed by atoms with Gasteiger partial charge in [-0.3, -0.25) is 4.99 Å². The molecule has 2 aliphatic heterocycles. The maximum absolute atomic E-state index is 5.41. The van der Waals surface area contributed by atoms with E-state index in [0.717, 1.165) is 24.3 Å². The van der Waals surface area contributed by atoms with E-state index in [2.05, 4.69) is 26.1 Å². The molecule has 0 aliphatic carbocycles. The van der Waals surface area contributed by atoms with E-state index in [1.54, 1.807) is 0 Å². The lowest BCUT2D eigenvalue weighted by atomic mass is 9.93. The summed E-state index contributed by atoms with van der Waals surface area (Å²) in [4.78, 5) is 4.70. The molecule has 0 radical (unpaired) electrons. The molecule has 0 aromatic heterocycles. The summed E-state index contributed by atoms with van der Waals surface area (Å²) >= 11 is 1.89. The Bertz CT molecular complexity index is 277. The van der Waals surface area contributed by atoms with Crippen LogP contribution < -0.4 is 5.32 Å². The van der Waals surface area contributed by atoms with Crippen LogP contribution in [0.25, 0.3) is 0 Å². The molecule has 0 amide bonds. The van der Waals surface area contributed by atoms with Crippen LogP contribution in [0.2, 0.25) is 0 Å². The van der Waals surface area contributed by atoms with Gasteiger partial charge in [0.2, 0.25) is 0 Å². The maximum Gasteiger partial charge on any atom is 0.157 e. The Balaban J connectivity index is 1.86. The summed E-state index contributed by atoms with van der Waals surface area (Å²) in [6.45, 7) is 8.61. The number of hydrogen-bond donors (Lipinski definition) is 1. The first kappa shape index (κ1) is 13.2. The molecule has 3 nitrogen and oxygen atoms in total. The minimum atomic E-state index is 0.468. The highest BCUT2D eigenvalue weighted by Crippen LogP contribution is 2.25. The van der Waals surface area contributed by atoms with Gasteiger partial charge in [0.25, 0.3) is 0 Å². The van der Waals surface area contributed by atoms with Gasteiger partial charge < -0.3 is 10.1 Å². The fraction of sp³-hybridized carbons (Fsp3) is 0.923. The van der Waals surface area contributed by atoms with Gasteiger partial charge in [-0.1, -0.05) is 18.7 Å². The number of aliphatic imine (C=N–C) groups is 1. The Hall–Kier alpha value is -0.220. The second-order valence-electron chi connectivity index (χ2n) is 5.33. The molecule has 3 atom stereocenters. The van der Waals surface area contributed by atoms with E-state index in [9.17, 15) is 0 Å². The van der Waals surface area contributed by atoms with Crippen LogP contribution in [0.3, 0.4) is 0 Å². The molecular formula is C13H24N2OS. The Morgan fingerprint density at radius 1 is 1.35 bits per heavy atom. The number of amidine groups is 1. The van der Waals surface area contributed by atoms with Gasteiger partial charge in [-0.2, -0.15) is 0 Å². The lowest BCUT2D eigenvalue weighted by molar-refractivity contribution is 0.0583. The number of nitrogens with one attached hydrogen (secondary N) is 1. The molecule has 0 aromatic rings. The number of nitrogens with zero attached hydrogens (tertiary/aromatic N) is 1. The van der Waals surface area contributed by atoms with E-state index in [1.807, 2.05) is 11.8 Å². The molecule has 0 aromatic carbocycles. The van der Waals surface area contributed by atoms with Crippen LogP contribution in [-0.2, 0) is 4.74 Å². The van der Waals surface area contributed by atoms with Crippen molar-refractivity contribution in [3.63, 3.8) is 0 Å². The highest BCUT2D eigenvalue weighted by atomic mass is 32.2. The van der Waals surface area contributed by atoms with Gasteiger partial charge in [-0.05, 0) is 39.0 Å². The van der Waals surface area contributed by atoms with Crippen molar-refractivity contribution >= 4 is 16.9 Å². The van der Waals surface area contributed by atoms with E-state index < -0.39 is 0 Å². The number of thioether (sulfide) groups is 1. The first-order valence-electron chi connectivity index (χ1n) is 6.74. The van der Waals surface area contributed by atoms with Gasteiger partial charge in [0, 0.05) is 24.5 Å². The molecule has 0 bridgehead atoms. The largest absolute Gasteiger partial charge is 0.381 e. The van der Waals surface area contributed by atoms with Crippen LogP contribution in [0.4, 0.5) is 0 Å². The predicted molar refractivity (Wildman–Crippen MR) is 74.7 cm³/mol. The van der Waals surface area contributed by atoms with Crippen LogP contribution in [0.5, 0.6) is 0 Å². The smallest absolute Gasteiger partial charge is 0.157 e. The molecule has 2 aliphatic rings. The predicted octanol–water partition coefficient (Wildman–Crippen LogP) is 2.66. The third-order valence-corrected chi connectivity index (χ3v) is 4.69. The summed E-state index contributed by atoms with van der Waals surface area (Å²) < 4.78 is 5.41. The van der Waals surface area contributed by atoms with Crippen LogP contribution in [0.1, 0.15) is 40.0 Å². The van der Waals surface area contributed by atoms with Crippen LogP contribution in [-0.4, -0.2) is 35.7 Å². The average molecular weight is 256 g/mol. The van der Waals surface area contributed by atoms with E-state index in [0.29, 0.717) is 17.3 Å². The van der Waals surface area contributed by atoms with Crippen molar-refractivity contribution in [3.05, 3.63) is 0 Å². The zero-order valence-electron chi connectivity index (χ0n) is 11.1. The van der Waals surface area contributed by atoms with Gasteiger partial charge >= 0.3 is 0 Å². The van der Waals surface area contributed by atoms with Gasteiger partial charge in [0.15, 0.2) is 5.17 Å². The van der Waals surface area contributed by atoms with Gasteiger partial charge in [0.05, 0.1) is 6.04 Å². The van der Waals surface area contributed by atoms with E-state index in [1.165, 1.54) is 19.3 Å². The SMILES string of the molecule is CC1CC(C)SC(NC(C)C2CCOCC2)=N1. The third-order valence-electron chi connectivity index (χ3n) is 3.65. The topological polar surface area (TPSA) is 33.6 Å². The van der Waals surface area contributed by atoms with Crippen LogP contribution in [0, 0.1) is 5.92 Å². The minimum Gasteiger partial charge on any atom is -0.381 e. The summed E-state index contributed by atoms with van der Waals surface area (Å²) in [7, 11) is 0. The lowest BCUT2D eigenvalue weighted by Crippen LogP contribution is -2.41. The van der Waals surface area contributed by atoms with Gasteiger partial charge in [-0.15, -0.1) is 0 Å². The summed E-state index contributed by atoms with van der Waals surface area (Å²) in [5.74, 6) is 0.736. The zero-order valence-corrected chi connectivity index (χ0v) is 11.9. The molecule has 0 saturated carbocycles. The van der Waals surface area contributed by atoms with Crippen LogP contribution >= 0.6 is 11.8 Å². The van der Waals surface area contributed by atoms with E-state index in [4.69, 9.17) is 9.73 Å². The second kappa shape index (κ2) is 6.10. The molecule has 0 spiro atoms. The highest BCUT2D eigenvalue weighted by molar-refractivity contribution is 8.14. The van der Waals surface area contributed by atoms with Crippen molar-refractivity contribution in [2.75, 3.05) is 13.2 Å². The monoisotopic (exact) mass is 256 g/mol.